The number of carbonyl (C=O) groups excluding carboxylic acids is 3. The van der Waals surface area contributed by atoms with Crippen LogP contribution in [0.2, 0.25) is 0 Å². The molecule has 1 N–H and O–H groups in total. The molecule has 3 aromatic carbocycles. The average Bonchev–Trinajstić information content (AvgIpc) is 3.62. The van der Waals surface area contributed by atoms with E-state index < -0.39 is 52.3 Å². The molecule has 1 aliphatic heterocycles. The van der Waals surface area contributed by atoms with Crippen molar-refractivity contribution in [2.24, 2.45) is 5.28 Å². The molecule has 0 spiro atoms. The van der Waals surface area contributed by atoms with Gasteiger partial charge < -0.3 is 10.0 Å². The van der Waals surface area contributed by atoms with Gasteiger partial charge in [-0.25, -0.2) is 22.7 Å². The predicted molar refractivity (Wildman–Crippen MR) is 165 cm³/mol. The van der Waals surface area contributed by atoms with E-state index in [-0.39, 0.29) is 38.9 Å². The van der Waals surface area contributed by atoms with E-state index in [1.165, 1.54) is 38.2 Å². The molecule has 4 aromatic rings. The highest BCUT2D eigenvalue weighted by Crippen LogP contribution is 2.33. The normalized spacial score (nSPS) is 14.1. The SMILES string of the molecule is Cc1ccc(-c2cc(C(F)(F)F)nn2-c2ccc(S(=O)(=O)NC(=O)CCN(C)/[N+]([O-])=N/OC(C)N3C(=O)c4ccccc4C3=O)cc2)cc1. The number of hydrazine groups is 1. The maximum absolute atomic E-state index is 13.5. The van der Waals surface area contributed by atoms with Crippen LogP contribution in [0.3, 0.4) is 0 Å². The Morgan fingerprint density at radius 3 is 2.20 bits per heavy atom. The number of amides is 3. The molecule has 5 rings (SSSR count). The van der Waals surface area contributed by atoms with Gasteiger partial charge in [0.2, 0.25) is 17.4 Å². The van der Waals surface area contributed by atoms with Gasteiger partial charge in [-0.2, -0.15) is 18.3 Å². The van der Waals surface area contributed by atoms with Crippen molar-refractivity contribution < 1.29 is 45.8 Å². The fourth-order valence-electron chi connectivity index (χ4n) is 4.78. The summed E-state index contributed by atoms with van der Waals surface area (Å²) in [5, 5.41) is 20.2. The number of hydrogen-bond donors (Lipinski definition) is 1. The number of aromatic nitrogens is 2. The van der Waals surface area contributed by atoms with Crippen LogP contribution in [0, 0.1) is 12.1 Å². The number of aryl methyl sites for hydroxylation is 1. The van der Waals surface area contributed by atoms with E-state index in [9.17, 15) is 41.2 Å². The number of hydrogen-bond acceptors (Lipinski definition) is 9. The summed E-state index contributed by atoms with van der Waals surface area (Å²) in [5.41, 5.74) is 0.845. The second kappa shape index (κ2) is 13.4. The van der Waals surface area contributed by atoms with Crippen molar-refractivity contribution in [2.75, 3.05) is 13.6 Å². The summed E-state index contributed by atoms with van der Waals surface area (Å²) in [6.45, 7) is 2.84. The van der Waals surface area contributed by atoms with E-state index in [1.807, 2.05) is 11.6 Å². The first-order chi connectivity index (χ1) is 23.1. The molecule has 1 unspecified atom stereocenters. The first kappa shape index (κ1) is 34.6. The highest BCUT2D eigenvalue weighted by Gasteiger charge is 2.40. The van der Waals surface area contributed by atoms with Gasteiger partial charge in [0.05, 0.1) is 52.4 Å². The summed E-state index contributed by atoms with van der Waals surface area (Å²) < 4.78 is 69.2. The Morgan fingerprint density at radius 2 is 1.63 bits per heavy atom. The number of carbonyl (C=O) groups is 3. The zero-order valence-electron chi connectivity index (χ0n) is 26.1. The number of halogens is 3. The summed E-state index contributed by atoms with van der Waals surface area (Å²) in [5.74, 6) is -2.22. The summed E-state index contributed by atoms with van der Waals surface area (Å²) in [4.78, 5) is 43.1. The molecule has 0 saturated carbocycles. The molecule has 1 aromatic heterocycles. The number of sulfonamides is 1. The Kier molecular flexibility index (Phi) is 9.44. The number of nitrogens with zero attached hydrogens (tertiary/aromatic N) is 6. The second-order valence-electron chi connectivity index (χ2n) is 10.9. The molecule has 0 fully saturated rings. The van der Waals surface area contributed by atoms with Crippen molar-refractivity contribution in [2.45, 2.75) is 37.6 Å². The van der Waals surface area contributed by atoms with Gasteiger partial charge in [0.25, 0.3) is 21.8 Å². The molecule has 256 valence electrons. The summed E-state index contributed by atoms with van der Waals surface area (Å²) in [6.07, 6.45) is -6.45. The fraction of sp³-hybridized carbons (Fsp3) is 0.226. The van der Waals surface area contributed by atoms with Gasteiger partial charge in [-0.05, 0) is 56.3 Å². The van der Waals surface area contributed by atoms with Crippen molar-refractivity contribution in [3.63, 3.8) is 0 Å². The minimum atomic E-state index is -4.73. The molecular weight excluding hydrogens is 671 g/mol. The van der Waals surface area contributed by atoms with E-state index in [1.54, 1.807) is 36.4 Å². The summed E-state index contributed by atoms with van der Waals surface area (Å²) in [6, 6.07) is 18.5. The van der Waals surface area contributed by atoms with E-state index in [2.05, 4.69) is 10.4 Å². The quantitative estimate of drug-likeness (QED) is 0.103. The zero-order valence-corrected chi connectivity index (χ0v) is 26.9. The Labute approximate surface area is 277 Å². The lowest BCUT2D eigenvalue weighted by atomic mass is 10.1. The van der Waals surface area contributed by atoms with Gasteiger partial charge in [-0.3, -0.25) is 14.4 Å². The van der Waals surface area contributed by atoms with Crippen LogP contribution in [0.4, 0.5) is 13.2 Å². The standard InChI is InChI=1S/C31H28F3N7O7S/c1-19-8-10-21(11-9-19)26-18-27(31(32,33)34)35-40(26)22-12-14-23(15-13-22)49(46,47)36-28(42)16-17-38(3)41(45)37-48-20(2)39-29(43)24-6-4-5-7-25(24)30(39)44/h4-15,18,20H,16-17H2,1-3H3,(H,36,42)/b41-37-. The molecule has 14 nitrogen and oxygen atoms in total. The van der Waals surface area contributed by atoms with Crippen LogP contribution in [0.1, 0.15) is 45.3 Å². The van der Waals surface area contributed by atoms with Gasteiger partial charge in [-0.1, -0.05) is 42.0 Å². The van der Waals surface area contributed by atoms with Crippen LogP contribution >= 0.6 is 0 Å². The molecule has 3 amide bonds. The van der Waals surface area contributed by atoms with Gasteiger partial charge >= 0.3 is 6.18 Å². The largest absolute Gasteiger partial charge is 0.569 e. The topological polar surface area (TPSA) is 169 Å². The Hall–Kier alpha value is -5.78. The van der Waals surface area contributed by atoms with E-state index in [0.29, 0.717) is 5.56 Å². The molecule has 0 radical (unpaired) electrons. The molecule has 49 heavy (non-hydrogen) atoms. The number of fused-ring (bicyclic) bond motifs is 1. The number of imide groups is 1. The number of benzene rings is 3. The van der Waals surface area contributed by atoms with Gasteiger partial charge in [0.1, 0.15) is 0 Å². The molecule has 1 atom stereocenters. The molecule has 1 aliphatic rings. The monoisotopic (exact) mass is 699 g/mol. The van der Waals surface area contributed by atoms with Crippen LogP contribution in [0.25, 0.3) is 16.9 Å². The van der Waals surface area contributed by atoms with Crippen LogP contribution in [0.5, 0.6) is 0 Å². The maximum atomic E-state index is 13.5. The van der Waals surface area contributed by atoms with Crippen molar-refractivity contribution in [1.29, 1.82) is 0 Å². The molecular formula is C31H28F3N7O7S. The number of nitrogens with one attached hydrogen (secondary N) is 1. The van der Waals surface area contributed by atoms with Crippen LogP contribution < -0.4 is 4.72 Å². The van der Waals surface area contributed by atoms with Crippen molar-refractivity contribution in [3.8, 4) is 16.9 Å². The van der Waals surface area contributed by atoms with Crippen LogP contribution in [-0.2, 0) is 25.8 Å². The minimum Gasteiger partial charge on any atom is -0.569 e. The fourth-order valence-corrected chi connectivity index (χ4v) is 5.79. The number of alkyl halides is 3. The number of rotatable bonds is 11. The highest BCUT2D eigenvalue weighted by molar-refractivity contribution is 7.90. The Balaban J connectivity index is 1.19. The summed E-state index contributed by atoms with van der Waals surface area (Å²) in [7, 11) is -3.18. The van der Waals surface area contributed by atoms with Crippen molar-refractivity contribution in [1.82, 2.24) is 24.4 Å². The zero-order chi connectivity index (χ0) is 35.7. The van der Waals surface area contributed by atoms with Crippen molar-refractivity contribution in [3.05, 3.63) is 106 Å². The van der Waals surface area contributed by atoms with E-state index >= 15 is 0 Å². The lowest BCUT2D eigenvalue weighted by Crippen LogP contribution is -2.39. The smallest absolute Gasteiger partial charge is 0.435 e. The Morgan fingerprint density at radius 1 is 1.04 bits per heavy atom. The minimum absolute atomic E-state index is 0.0421. The van der Waals surface area contributed by atoms with Crippen LogP contribution in [0.15, 0.2) is 89.0 Å². The van der Waals surface area contributed by atoms with Crippen LogP contribution in [-0.4, -0.2) is 70.6 Å². The molecule has 0 saturated heterocycles. The molecule has 0 bridgehead atoms. The maximum Gasteiger partial charge on any atom is 0.435 e. The van der Waals surface area contributed by atoms with Crippen molar-refractivity contribution >= 4 is 27.7 Å². The van der Waals surface area contributed by atoms with Gasteiger partial charge in [0, 0.05) is 5.56 Å². The Bertz CT molecular complexity index is 2010. The van der Waals surface area contributed by atoms with Gasteiger partial charge in [0.15, 0.2) is 5.69 Å². The van der Waals surface area contributed by atoms with E-state index in [4.69, 9.17) is 4.84 Å². The molecule has 2 heterocycles. The average molecular weight is 700 g/mol. The first-order valence-electron chi connectivity index (χ1n) is 14.5. The molecule has 0 aliphatic carbocycles. The van der Waals surface area contributed by atoms with Gasteiger partial charge in [-0.15, -0.1) is 5.01 Å². The lowest BCUT2D eigenvalue weighted by molar-refractivity contribution is -0.706. The third-order valence-corrected chi connectivity index (χ3v) is 8.79. The molecule has 18 heteroatoms. The second-order valence-corrected chi connectivity index (χ2v) is 12.6. The third-order valence-electron chi connectivity index (χ3n) is 7.40. The third kappa shape index (κ3) is 7.38. The lowest BCUT2D eigenvalue weighted by Gasteiger charge is -2.19. The first-order valence-corrected chi connectivity index (χ1v) is 16.0. The predicted octanol–water partition coefficient (Wildman–Crippen LogP) is 4.44. The van der Waals surface area contributed by atoms with E-state index in [0.717, 1.165) is 38.4 Å². The summed E-state index contributed by atoms with van der Waals surface area (Å²) >= 11 is 0. The highest BCUT2D eigenvalue weighted by atomic mass is 32.2.